The van der Waals surface area contributed by atoms with Crippen LogP contribution in [0.2, 0.25) is 6.32 Å². The number of imide groups is 1. The molecule has 2 amide bonds. The second-order valence-electron chi connectivity index (χ2n) is 11.4. The summed E-state index contributed by atoms with van der Waals surface area (Å²) in [7, 11) is -1.18. The largest absolute Gasteiger partial charge is 0.508 e. The third-order valence-corrected chi connectivity index (χ3v) is 8.83. The van der Waals surface area contributed by atoms with Crippen LogP contribution in [0, 0.1) is 27.9 Å². The molecule has 0 saturated carbocycles. The van der Waals surface area contributed by atoms with Crippen LogP contribution >= 0.6 is 0 Å². The zero-order valence-corrected chi connectivity index (χ0v) is 23.8. The van der Waals surface area contributed by atoms with Gasteiger partial charge in [-0.25, -0.2) is 4.90 Å². The number of hydrogen-bond acceptors (Lipinski definition) is 8. The van der Waals surface area contributed by atoms with Gasteiger partial charge in [0.15, 0.2) is 0 Å². The highest BCUT2D eigenvalue weighted by Gasteiger charge is 2.57. The van der Waals surface area contributed by atoms with Gasteiger partial charge in [0.05, 0.1) is 35.2 Å². The van der Waals surface area contributed by atoms with Gasteiger partial charge in [0.25, 0.3) is 5.69 Å². The van der Waals surface area contributed by atoms with Gasteiger partial charge in [0.2, 0.25) is 11.8 Å². The number of hydrogen-bond donors (Lipinski definition) is 3. The van der Waals surface area contributed by atoms with E-state index in [4.69, 9.17) is 4.65 Å². The molecule has 11 heteroatoms. The molecule has 2 heterocycles. The average molecular weight is 594 g/mol. The van der Waals surface area contributed by atoms with Crippen molar-refractivity contribution in [2.45, 2.75) is 31.7 Å². The van der Waals surface area contributed by atoms with Gasteiger partial charge >= 0.3 is 7.12 Å². The Balaban J connectivity index is 1.31. The summed E-state index contributed by atoms with van der Waals surface area (Å²) in [5.74, 6) is -2.87. The third-order valence-electron chi connectivity index (χ3n) is 8.83. The number of aromatic hydroxyl groups is 1. The van der Waals surface area contributed by atoms with Crippen molar-refractivity contribution < 1.29 is 34.4 Å². The van der Waals surface area contributed by atoms with E-state index >= 15 is 0 Å². The Morgan fingerprint density at radius 2 is 1.80 bits per heavy atom. The van der Waals surface area contributed by atoms with E-state index < -0.39 is 47.7 Å². The first kappa shape index (κ1) is 29.5. The minimum atomic E-state index is -1.18. The van der Waals surface area contributed by atoms with Crippen LogP contribution in [0.25, 0.3) is 11.6 Å². The predicted octanol–water partition coefficient (Wildman–Crippen LogP) is 4.62. The smallest absolute Gasteiger partial charge is 0.455 e. The number of anilines is 1. The van der Waals surface area contributed by atoms with Crippen molar-refractivity contribution in [2.24, 2.45) is 17.8 Å². The van der Waals surface area contributed by atoms with Crippen molar-refractivity contribution >= 4 is 42.0 Å². The highest BCUT2D eigenvalue weighted by Crippen LogP contribution is 2.51. The van der Waals surface area contributed by atoms with Crippen LogP contribution in [0.3, 0.4) is 0 Å². The number of aliphatic hydroxyl groups excluding tert-OH is 1. The first-order valence-corrected chi connectivity index (χ1v) is 14.6. The molecule has 224 valence electrons. The van der Waals surface area contributed by atoms with Gasteiger partial charge in [0, 0.05) is 12.1 Å². The molecule has 0 radical (unpaired) electrons. The molecule has 2 fully saturated rings. The fraction of sp³-hybridized carbons (Fsp3) is 0.273. The monoisotopic (exact) mass is 594 g/mol. The molecule has 3 aliphatic rings. The topological polar surface area (TPSA) is 150 Å². The second kappa shape index (κ2) is 12.2. The van der Waals surface area contributed by atoms with Crippen LogP contribution in [0.5, 0.6) is 5.75 Å². The first-order chi connectivity index (χ1) is 21.2. The minimum absolute atomic E-state index is 0.0863. The van der Waals surface area contributed by atoms with Crippen LogP contribution in [0.1, 0.15) is 30.4 Å². The lowest BCUT2D eigenvalue weighted by Gasteiger charge is -2.43. The molecule has 2 saturated heterocycles. The Labute approximate surface area is 254 Å². The van der Waals surface area contributed by atoms with Crippen molar-refractivity contribution in [3.8, 4) is 5.75 Å². The van der Waals surface area contributed by atoms with Gasteiger partial charge in [-0.3, -0.25) is 19.7 Å². The number of carbonyl (C=O) groups is 2. The normalized spacial score (nSPS) is 23.5. The number of benzene rings is 3. The Bertz CT molecular complexity index is 1670. The molecule has 3 aromatic carbocycles. The number of fused-ring (bicyclic) bond motifs is 3. The van der Waals surface area contributed by atoms with Gasteiger partial charge in [-0.15, -0.1) is 0 Å². The zero-order chi connectivity index (χ0) is 31.0. The summed E-state index contributed by atoms with van der Waals surface area (Å²) >= 11 is 0. The first-order valence-electron chi connectivity index (χ1n) is 14.6. The molecule has 0 aromatic heterocycles. The number of phenols is 1. The van der Waals surface area contributed by atoms with Crippen molar-refractivity contribution in [1.82, 2.24) is 0 Å². The van der Waals surface area contributed by atoms with Crippen molar-refractivity contribution in [1.29, 1.82) is 0 Å². The maximum atomic E-state index is 13.9. The molecule has 3 aromatic rings. The van der Waals surface area contributed by atoms with Crippen molar-refractivity contribution in [3.63, 3.8) is 0 Å². The number of nitrogens with zero attached hydrogens (tertiary/aromatic N) is 2. The van der Waals surface area contributed by atoms with E-state index in [2.05, 4.69) is 0 Å². The van der Waals surface area contributed by atoms with Crippen molar-refractivity contribution in [3.05, 3.63) is 111 Å². The Morgan fingerprint density at radius 3 is 2.52 bits per heavy atom. The number of phenolic OH excluding ortho intramolecular Hbond substituents is 1. The van der Waals surface area contributed by atoms with E-state index in [1.165, 1.54) is 24.3 Å². The molecule has 10 nitrogen and oxygen atoms in total. The fourth-order valence-electron chi connectivity index (χ4n) is 6.96. The second-order valence-corrected chi connectivity index (χ2v) is 11.4. The zero-order valence-electron chi connectivity index (χ0n) is 23.8. The summed E-state index contributed by atoms with van der Waals surface area (Å²) < 4.78 is 6.04. The highest BCUT2D eigenvalue weighted by molar-refractivity contribution is 6.43. The molecule has 2 aliphatic heterocycles. The van der Waals surface area contributed by atoms with E-state index in [1.54, 1.807) is 18.2 Å². The molecular weight excluding hydrogens is 563 g/mol. The number of nitro groups is 1. The van der Waals surface area contributed by atoms with Crippen molar-refractivity contribution in [2.75, 3.05) is 11.5 Å². The lowest BCUT2D eigenvalue weighted by atomic mass is 9.58. The molecule has 6 rings (SSSR count). The number of carbonyl (C=O) groups excluding carboxylic acids is 2. The number of nitro benzene ring substituents is 1. The molecule has 0 spiro atoms. The number of aliphatic hydroxyl groups is 1. The molecule has 3 N–H and O–H groups in total. The minimum Gasteiger partial charge on any atom is -0.508 e. The number of amides is 2. The van der Waals surface area contributed by atoms with Crippen LogP contribution in [0.4, 0.5) is 11.4 Å². The predicted molar refractivity (Wildman–Crippen MR) is 164 cm³/mol. The Hall–Kier alpha value is -4.58. The molecular formula is C33H31BN2O8. The molecule has 0 unspecified atom stereocenters. The maximum Gasteiger partial charge on any atom is 0.455 e. The maximum absolute atomic E-state index is 13.9. The Morgan fingerprint density at radius 1 is 1.02 bits per heavy atom. The fourth-order valence-corrected chi connectivity index (χ4v) is 6.96. The van der Waals surface area contributed by atoms with Crippen LogP contribution in [0.15, 0.2) is 90.0 Å². The summed E-state index contributed by atoms with van der Waals surface area (Å²) in [6.45, 7) is -0.325. The van der Waals surface area contributed by atoms with Gasteiger partial charge < -0.3 is 19.9 Å². The summed E-state index contributed by atoms with van der Waals surface area (Å²) in [4.78, 5) is 39.3. The van der Waals surface area contributed by atoms with Crippen LogP contribution in [-0.2, 0) is 14.2 Å². The molecule has 1 aliphatic carbocycles. The lowest BCUT2D eigenvalue weighted by Crippen LogP contribution is -2.46. The molecule has 4 atom stereocenters. The molecule has 0 bridgehead atoms. The average Bonchev–Trinajstić information content (AvgIpc) is 3.28. The highest BCUT2D eigenvalue weighted by atomic mass is 16.6. The van der Waals surface area contributed by atoms with Crippen LogP contribution in [-0.4, -0.2) is 51.8 Å². The van der Waals surface area contributed by atoms with Gasteiger partial charge in [-0.05, 0) is 77.5 Å². The van der Waals surface area contributed by atoms with E-state index in [-0.39, 0.29) is 36.5 Å². The van der Waals surface area contributed by atoms with E-state index in [0.29, 0.717) is 18.4 Å². The quantitative estimate of drug-likeness (QED) is 0.0855. The summed E-state index contributed by atoms with van der Waals surface area (Å²) in [5, 5.41) is 42.7. The Kier molecular flexibility index (Phi) is 8.18. The van der Waals surface area contributed by atoms with Gasteiger partial charge in [0.1, 0.15) is 5.75 Å². The van der Waals surface area contributed by atoms with E-state index in [1.807, 2.05) is 42.5 Å². The SMILES string of the molecule is O=C1[C@@H]2[C@@H](CC(CO)=C3[C@@H](CC/C(=C/c4cccc(O)c4)c4ccccc4)OB(O)C[C@@H]32)C(=O)N1c1cccc([N+](=O)[O-])c1. The molecule has 44 heavy (non-hydrogen) atoms. The standard InChI is InChI=1S/C33H31BN2O8/c37-19-23-16-27-31(33(40)35(32(27)39)24-9-5-10-25(17-24)36(42)43)28-18-34(41)44-29(30(23)28)13-12-22(21-7-2-1-3-8-21)14-20-6-4-11-26(38)15-20/h1-11,14-15,17,27-29,31,37-38,41H,12-13,16,18-19H2/b22-14-/t27-,28+,29-,31-/m1/s1. The van der Waals surface area contributed by atoms with Gasteiger partial charge in [-0.1, -0.05) is 54.6 Å². The summed E-state index contributed by atoms with van der Waals surface area (Å²) in [6, 6.07) is 22.1. The summed E-state index contributed by atoms with van der Waals surface area (Å²) in [6.07, 6.45) is 2.57. The van der Waals surface area contributed by atoms with Crippen LogP contribution < -0.4 is 4.90 Å². The number of rotatable bonds is 8. The van der Waals surface area contributed by atoms with E-state index in [0.717, 1.165) is 27.2 Å². The van der Waals surface area contributed by atoms with E-state index in [9.17, 15) is 34.9 Å². The summed E-state index contributed by atoms with van der Waals surface area (Å²) in [5.41, 5.74) is 4.03. The van der Waals surface area contributed by atoms with Gasteiger partial charge in [-0.2, -0.15) is 0 Å². The third kappa shape index (κ3) is 5.57. The lowest BCUT2D eigenvalue weighted by molar-refractivity contribution is -0.384. The number of allylic oxidation sites excluding steroid dienone is 1. The number of non-ortho nitro benzene ring substituents is 1.